The van der Waals surface area contributed by atoms with Crippen molar-refractivity contribution in [3.05, 3.63) is 70.8 Å². The molecule has 19 heavy (non-hydrogen) atoms. The summed E-state index contributed by atoms with van der Waals surface area (Å²) in [7, 11) is 0. The molecule has 0 radical (unpaired) electrons. The van der Waals surface area contributed by atoms with Crippen molar-refractivity contribution in [2.45, 2.75) is 0 Å². The molecule has 1 aromatic heterocycles. The first-order valence-electron chi connectivity index (χ1n) is 5.85. The number of nitro groups is 1. The second kappa shape index (κ2) is 4.49. The minimum Gasteiger partial charge on any atom is -0.258 e. The zero-order valence-electron chi connectivity index (χ0n) is 9.98. The monoisotopic (exact) mass is 250 g/mol. The van der Waals surface area contributed by atoms with Gasteiger partial charge in [-0.25, -0.2) is 4.98 Å². The molecule has 0 aliphatic heterocycles. The van der Waals surface area contributed by atoms with E-state index in [0.29, 0.717) is 0 Å². The second-order valence-electron chi connectivity index (χ2n) is 4.20. The van der Waals surface area contributed by atoms with Crippen LogP contribution >= 0.6 is 0 Å². The zero-order valence-corrected chi connectivity index (χ0v) is 9.98. The molecular formula is C15H10N2O2. The first-order chi connectivity index (χ1) is 9.24. The molecule has 4 heteroatoms. The highest BCUT2D eigenvalue weighted by Gasteiger charge is 2.08. The number of fused-ring (bicyclic) bond motifs is 1. The number of benzene rings is 2. The van der Waals surface area contributed by atoms with Gasteiger partial charge in [-0.05, 0) is 12.1 Å². The van der Waals surface area contributed by atoms with Gasteiger partial charge in [0.25, 0.3) is 5.69 Å². The quantitative estimate of drug-likeness (QED) is 0.513. The molecule has 3 rings (SSSR count). The summed E-state index contributed by atoms with van der Waals surface area (Å²) in [6.07, 6.45) is 0. The van der Waals surface area contributed by atoms with Gasteiger partial charge in [0.2, 0.25) is 0 Å². The van der Waals surface area contributed by atoms with E-state index in [-0.39, 0.29) is 5.69 Å². The molecule has 0 N–H and O–H groups in total. The predicted octanol–water partition coefficient (Wildman–Crippen LogP) is 3.81. The Balaban J connectivity index is 2.13. The molecule has 0 unspecified atom stereocenters. The highest BCUT2D eigenvalue weighted by atomic mass is 16.6. The van der Waals surface area contributed by atoms with Gasteiger partial charge in [-0.3, -0.25) is 10.1 Å². The predicted molar refractivity (Wildman–Crippen MR) is 73.8 cm³/mol. The summed E-state index contributed by atoms with van der Waals surface area (Å²) >= 11 is 0. The van der Waals surface area contributed by atoms with Crippen LogP contribution in [0.2, 0.25) is 0 Å². The van der Waals surface area contributed by atoms with Gasteiger partial charge < -0.3 is 0 Å². The number of hydrogen-bond donors (Lipinski definition) is 0. The standard InChI is InChI=1S/C15H10N2O2/c18-17(19)13-6-3-5-12(10-13)15-9-8-11-4-1-2-7-14(11)16-15/h1-10H. The first kappa shape index (κ1) is 11.3. The molecule has 92 valence electrons. The van der Waals surface area contributed by atoms with Gasteiger partial charge in [-0.15, -0.1) is 0 Å². The van der Waals surface area contributed by atoms with Crippen LogP contribution in [0.3, 0.4) is 0 Å². The Morgan fingerprint density at radius 1 is 0.947 bits per heavy atom. The number of nitro benzene ring substituents is 1. The first-order valence-corrected chi connectivity index (χ1v) is 5.85. The number of aromatic nitrogens is 1. The summed E-state index contributed by atoms with van der Waals surface area (Å²) < 4.78 is 0. The molecule has 0 aliphatic carbocycles. The summed E-state index contributed by atoms with van der Waals surface area (Å²) in [4.78, 5) is 14.9. The Morgan fingerprint density at radius 2 is 1.79 bits per heavy atom. The third-order valence-corrected chi connectivity index (χ3v) is 2.95. The average Bonchev–Trinajstić information content (AvgIpc) is 2.47. The molecule has 1 heterocycles. The van der Waals surface area contributed by atoms with Crippen LogP contribution in [0, 0.1) is 10.1 Å². The summed E-state index contributed by atoms with van der Waals surface area (Å²) in [5, 5.41) is 11.8. The largest absolute Gasteiger partial charge is 0.270 e. The Labute approximate surface area is 109 Å². The van der Waals surface area contributed by atoms with E-state index in [1.165, 1.54) is 12.1 Å². The Bertz CT molecular complexity index is 769. The van der Waals surface area contributed by atoms with Crippen LogP contribution in [0.25, 0.3) is 22.2 Å². The van der Waals surface area contributed by atoms with E-state index in [1.807, 2.05) is 42.5 Å². The third-order valence-electron chi connectivity index (χ3n) is 2.95. The smallest absolute Gasteiger partial charge is 0.258 e. The lowest BCUT2D eigenvalue weighted by Crippen LogP contribution is -1.89. The SMILES string of the molecule is O=[N+]([O-])c1cccc(-c2ccc3ccccc3n2)c1. The molecule has 2 aromatic carbocycles. The van der Waals surface area contributed by atoms with Gasteiger partial charge in [0.05, 0.1) is 16.1 Å². The summed E-state index contributed by atoms with van der Waals surface area (Å²) in [6, 6.07) is 18.1. The maximum Gasteiger partial charge on any atom is 0.270 e. The van der Waals surface area contributed by atoms with Crippen molar-refractivity contribution >= 4 is 16.6 Å². The van der Waals surface area contributed by atoms with Crippen molar-refractivity contribution in [3.8, 4) is 11.3 Å². The van der Waals surface area contributed by atoms with Gasteiger partial charge in [0.15, 0.2) is 0 Å². The van der Waals surface area contributed by atoms with Crippen molar-refractivity contribution in [2.24, 2.45) is 0 Å². The minimum absolute atomic E-state index is 0.0764. The fourth-order valence-corrected chi connectivity index (χ4v) is 2.01. The maximum absolute atomic E-state index is 10.8. The van der Waals surface area contributed by atoms with Gasteiger partial charge in [0, 0.05) is 23.1 Å². The van der Waals surface area contributed by atoms with Crippen molar-refractivity contribution in [2.75, 3.05) is 0 Å². The van der Waals surface area contributed by atoms with Crippen LogP contribution in [0.1, 0.15) is 0 Å². The van der Waals surface area contributed by atoms with E-state index in [4.69, 9.17) is 0 Å². The number of nitrogens with zero attached hydrogens (tertiary/aromatic N) is 2. The van der Waals surface area contributed by atoms with E-state index in [9.17, 15) is 10.1 Å². The number of pyridine rings is 1. The van der Waals surface area contributed by atoms with Gasteiger partial charge in [-0.2, -0.15) is 0 Å². The van der Waals surface area contributed by atoms with E-state index in [2.05, 4.69) is 4.98 Å². The van der Waals surface area contributed by atoms with Crippen LogP contribution in [0.15, 0.2) is 60.7 Å². The van der Waals surface area contributed by atoms with E-state index in [0.717, 1.165) is 22.2 Å². The van der Waals surface area contributed by atoms with Crippen LogP contribution in [0.4, 0.5) is 5.69 Å². The van der Waals surface area contributed by atoms with Crippen molar-refractivity contribution in [3.63, 3.8) is 0 Å². The highest BCUT2D eigenvalue weighted by Crippen LogP contribution is 2.24. The Hall–Kier alpha value is -2.75. The average molecular weight is 250 g/mol. The Kier molecular flexibility index (Phi) is 2.68. The molecule has 0 saturated heterocycles. The van der Waals surface area contributed by atoms with Crippen LogP contribution < -0.4 is 0 Å². The van der Waals surface area contributed by atoms with E-state index >= 15 is 0 Å². The van der Waals surface area contributed by atoms with Crippen molar-refractivity contribution < 1.29 is 4.92 Å². The van der Waals surface area contributed by atoms with Gasteiger partial charge in [-0.1, -0.05) is 36.4 Å². The van der Waals surface area contributed by atoms with Crippen LogP contribution in [0.5, 0.6) is 0 Å². The molecule has 0 spiro atoms. The topological polar surface area (TPSA) is 56.0 Å². The zero-order chi connectivity index (χ0) is 13.2. The van der Waals surface area contributed by atoms with Crippen molar-refractivity contribution in [1.29, 1.82) is 0 Å². The lowest BCUT2D eigenvalue weighted by molar-refractivity contribution is -0.384. The molecule has 0 amide bonds. The fourth-order valence-electron chi connectivity index (χ4n) is 2.01. The lowest BCUT2D eigenvalue weighted by Gasteiger charge is -2.03. The van der Waals surface area contributed by atoms with E-state index < -0.39 is 4.92 Å². The van der Waals surface area contributed by atoms with E-state index in [1.54, 1.807) is 6.07 Å². The number of non-ortho nitro benzene ring substituents is 1. The van der Waals surface area contributed by atoms with Gasteiger partial charge >= 0.3 is 0 Å². The normalized spacial score (nSPS) is 10.5. The minimum atomic E-state index is -0.398. The van der Waals surface area contributed by atoms with Crippen LogP contribution in [-0.2, 0) is 0 Å². The molecular weight excluding hydrogens is 240 g/mol. The number of hydrogen-bond acceptors (Lipinski definition) is 3. The lowest BCUT2D eigenvalue weighted by atomic mass is 10.1. The number of para-hydroxylation sites is 1. The molecule has 0 aliphatic rings. The second-order valence-corrected chi connectivity index (χ2v) is 4.20. The maximum atomic E-state index is 10.8. The highest BCUT2D eigenvalue weighted by molar-refractivity contribution is 5.81. The summed E-state index contributed by atoms with van der Waals surface area (Å²) in [5.74, 6) is 0. The van der Waals surface area contributed by atoms with Gasteiger partial charge in [0.1, 0.15) is 0 Å². The molecule has 0 atom stereocenters. The molecule has 0 fully saturated rings. The molecule has 3 aromatic rings. The summed E-state index contributed by atoms with van der Waals surface area (Å²) in [5.41, 5.74) is 2.45. The molecule has 0 bridgehead atoms. The molecule has 4 nitrogen and oxygen atoms in total. The Morgan fingerprint density at radius 3 is 2.63 bits per heavy atom. The third kappa shape index (κ3) is 2.15. The van der Waals surface area contributed by atoms with Crippen molar-refractivity contribution in [1.82, 2.24) is 4.98 Å². The summed E-state index contributed by atoms with van der Waals surface area (Å²) in [6.45, 7) is 0. The fraction of sp³-hybridized carbons (Fsp3) is 0. The molecule has 0 saturated carbocycles. The van der Waals surface area contributed by atoms with Crippen LogP contribution in [-0.4, -0.2) is 9.91 Å². The number of rotatable bonds is 2.